The third-order valence-electron chi connectivity index (χ3n) is 4.60. The Bertz CT molecular complexity index is 221. The average Bonchev–Trinajstić information content (AvgIpc) is 2.87. The molecule has 2 nitrogen and oxygen atoms in total. The van der Waals surface area contributed by atoms with Crippen LogP contribution in [0.3, 0.4) is 0 Å². The molecule has 2 rings (SSSR count). The molecule has 1 aliphatic carbocycles. The SMILES string of the molecule is CC(C)CN1CCC(CC(N)C2CCCC2)C1. The first kappa shape index (κ1) is 13.4. The van der Waals surface area contributed by atoms with Gasteiger partial charge in [-0.25, -0.2) is 0 Å². The second-order valence-electron chi connectivity index (χ2n) is 6.75. The lowest BCUT2D eigenvalue weighted by molar-refractivity contribution is 0.275. The second kappa shape index (κ2) is 6.19. The first-order valence-electron chi connectivity index (χ1n) is 7.63. The van der Waals surface area contributed by atoms with Crippen molar-refractivity contribution in [1.29, 1.82) is 0 Å². The molecule has 0 amide bonds. The van der Waals surface area contributed by atoms with E-state index < -0.39 is 0 Å². The molecule has 1 saturated heterocycles. The molecule has 0 aromatic rings. The molecule has 0 bridgehead atoms. The fourth-order valence-electron chi connectivity index (χ4n) is 3.75. The Morgan fingerprint density at radius 2 is 1.88 bits per heavy atom. The van der Waals surface area contributed by atoms with Gasteiger partial charge in [-0.05, 0) is 50.0 Å². The molecule has 0 radical (unpaired) electrons. The van der Waals surface area contributed by atoms with Crippen molar-refractivity contribution < 1.29 is 0 Å². The highest BCUT2D eigenvalue weighted by Gasteiger charge is 2.28. The Morgan fingerprint density at radius 1 is 1.18 bits per heavy atom. The van der Waals surface area contributed by atoms with Crippen molar-refractivity contribution in [3.8, 4) is 0 Å². The predicted molar refractivity (Wildman–Crippen MR) is 73.9 cm³/mol. The van der Waals surface area contributed by atoms with Crippen LogP contribution in [0.2, 0.25) is 0 Å². The Balaban J connectivity index is 1.69. The molecule has 0 aromatic carbocycles. The van der Waals surface area contributed by atoms with Crippen LogP contribution in [0.4, 0.5) is 0 Å². The Morgan fingerprint density at radius 3 is 2.53 bits per heavy atom. The molecule has 2 atom stereocenters. The maximum Gasteiger partial charge on any atom is 0.00702 e. The standard InChI is InChI=1S/C15H30N2/c1-12(2)10-17-8-7-13(11-17)9-15(16)14-5-3-4-6-14/h12-15H,3-11,16H2,1-2H3. The lowest BCUT2D eigenvalue weighted by atomic mass is 9.89. The van der Waals surface area contributed by atoms with Crippen LogP contribution in [0.25, 0.3) is 0 Å². The lowest BCUT2D eigenvalue weighted by Crippen LogP contribution is -2.32. The van der Waals surface area contributed by atoms with Crippen molar-refractivity contribution >= 4 is 0 Å². The zero-order chi connectivity index (χ0) is 12.3. The van der Waals surface area contributed by atoms with Gasteiger partial charge in [0.1, 0.15) is 0 Å². The first-order valence-corrected chi connectivity index (χ1v) is 7.63. The number of hydrogen-bond donors (Lipinski definition) is 1. The normalized spacial score (nSPS) is 29.3. The van der Waals surface area contributed by atoms with Gasteiger partial charge >= 0.3 is 0 Å². The summed E-state index contributed by atoms with van der Waals surface area (Å²) >= 11 is 0. The lowest BCUT2D eigenvalue weighted by Gasteiger charge is -2.23. The van der Waals surface area contributed by atoms with E-state index in [2.05, 4.69) is 18.7 Å². The smallest absolute Gasteiger partial charge is 0.00702 e. The number of likely N-dealkylation sites (tertiary alicyclic amines) is 1. The molecule has 1 aliphatic heterocycles. The van der Waals surface area contributed by atoms with Gasteiger partial charge in [0.15, 0.2) is 0 Å². The van der Waals surface area contributed by atoms with Crippen LogP contribution in [0.1, 0.15) is 52.4 Å². The van der Waals surface area contributed by atoms with Crippen LogP contribution in [-0.4, -0.2) is 30.6 Å². The van der Waals surface area contributed by atoms with E-state index in [1.54, 1.807) is 0 Å². The van der Waals surface area contributed by atoms with Crippen LogP contribution in [-0.2, 0) is 0 Å². The van der Waals surface area contributed by atoms with Crippen LogP contribution in [0.15, 0.2) is 0 Å². The molecule has 0 spiro atoms. The summed E-state index contributed by atoms with van der Waals surface area (Å²) in [6, 6.07) is 0.487. The summed E-state index contributed by atoms with van der Waals surface area (Å²) in [4.78, 5) is 2.64. The fourth-order valence-corrected chi connectivity index (χ4v) is 3.75. The summed E-state index contributed by atoms with van der Waals surface area (Å²) < 4.78 is 0. The Labute approximate surface area is 107 Å². The number of rotatable bonds is 5. The van der Waals surface area contributed by atoms with E-state index in [0.29, 0.717) is 6.04 Å². The van der Waals surface area contributed by atoms with E-state index >= 15 is 0 Å². The largest absolute Gasteiger partial charge is 0.327 e. The van der Waals surface area contributed by atoms with E-state index in [9.17, 15) is 0 Å². The van der Waals surface area contributed by atoms with Crippen molar-refractivity contribution in [1.82, 2.24) is 4.90 Å². The quantitative estimate of drug-likeness (QED) is 0.798. The van der Waals surface area contributed by atoms with Crippen LogP contribution in [0.5, 0.6) is 0 Å². The molecule has 2 heteroatoms. The molecule has 0 aromatic heterocycles. The van der Waals surface area contributed by atoms with Crippen molar-refractivity contribution in [2.75, 3.05) is 19.6 Å². The summed E-state index contributed by atoms with van der Waals surface area (Å²) in [5.74, 6) is 2.52. The summed E-state index contributed by atoms with van der Waals surface area (Å²) in [7, 11) is 0. The van der Waals surface area contributed by atoms with Gasteiger partial charge in [-0.3, -0.25) is 0 Å². The highest BCUT2D eigenvalue weighted by Crippen LogP contribution is 2.31. The molecule has 2 aliphatic rings. The molecule has 100 valence electrons. The Hall–Kier alpha value is -0.0800. The van der Waals surface area contributed by atoms with Gasteiger partial charge in [0.2, 0.25) is 0 Å². The molecule has 1 saturated carbocycles. The van der Waals surface area contributed by atoms with Gasteiger partial charge in [-0.2, -0.15) is 0 Å². The van der Waals surface area contributed by atoms with Crippen molar-refractivity contribution in [3.63, 3.8) is 0 Å². The van der Waals surface area contributed by atoms with Crippen molar-refractivity contribution in [2.45, 2.75) is 58.4 Å². The molecule has 2 fully saturated rings. The van der Waals surface area contributed by atoms with Gasteiger partial charge in [0, 0.05) is 19.1 Å². The van der Waals surface area contributed by atoms with Gasteiger partial charge in [0.05, 0.1) is 0 Å². The van der Waals surface area contributed by atoms with Crippen molar-refractivity contribution in [3.05, 3.63) is 0 Å². The van der Waals surface area contributed by atoms with Gasteiger partial charge in [-0.15, -0.1) is 0 Å². The second-order valence-corrected chi connectivity index (χ2v) is 6.75. The number of hydrogen-bond acceptors (Lipinski definition) is 2. The van der Waals surface area contributed by atoms with E-state index in [4.69, 9.17) is 5.73 Å². The maximum absolute atomic E-state index is 6.39. The average molecular weight is 238 g/mol. The number of nitrogens with zero attached hydrogens (tertiary/aromatic N) is 1. The monoisotopic (exact) mass is 238 g/mol. The van der Waals surface area contributed by atoms with Crippen LogP contribution >= 0.6 is 0 Å². The highest BCUT2D eigenvalue weighted by molar-refractivity contribution is 4.84. The topological polar surface area (TPSA) is 29.3 Å². The third-order valence-corrected chi connectivity index (χ3v) is 4.60. The Kier molecular flexibility index (Phi) is 4.87. The van der Waals surface area contributed by atoms with Gasteiger partial charge < -0.3 is 10.6 Å². The molecule has 2 N–H and O–H groups in total. The molecule has 17 heavy (non-hydrogen) atoms. The van der Waals surface area contributed by atoms with Gasteiger partial charge in [-0.1, -0.05) is 26.7 Å². The van der Waals surface area contributed by atoms with Gasteiger partial charge in [0.25, 0.3) is 0 Å². The van der Waals surface area contributed by atoms with E-state index in [-0.39, 0.29) is 0 Å². The van der Waals surface area contributed by atoms with E-state index in [1.165, 1.54) is 58.2 Å². The zero-order valence-electron chi connectivity index (χ0n) is 11.7. The first-order chi connectivity index (χ1) is 8.15. The molecular weight excluding hydrogens is 208 g/mol. The zero-order valence-corrected chi connectivity index (χ0v) is 11.7. The molecule has 2 unspecified atom stereocenters. The third kappa shape index (κ3) is 3.96. The highest BCUT2D eigenvalue weighted by atomic mass is 15.1. The van der Waals surface area contributed by atoms with Crippen LogP contribution in [0, 0.1) is 17.8 Å². The summed E-state index contributed by atoms with van der Waals surface area (Å²) in [5.41, 5.74) is 6.39. The maximum atomic E-state index is 6.39. The fraction of sp³-hybridized carbons (Fsp3) is 1.00. The molecular formula is C15H30N2. The summed E-state index contributed by atoms with van der Waals surface area (Å²) in [6.07, 6.45) is 8.28. The predicted octanol–water partition coefficient (Wildman–Crippen LogP) is 2.87. The number of nitrogens with two attached hydrogens (primary N) is 1. The summed E-state index contributed by atoms with van der Waals surface area (Å²) in [6.45, 7) is 8.52. The van der Waals surface area contributed by atoms with E-state index in [1.807, 2.05) is 0 Å². The summed E-state index contributed by atoms with van der Waals surface area (Å²) in [5, 5.41) is 0. The van der Waals surface area contributed by atoms with Crippen LogP contribution < -0.4 is 5.73 Å². The van der Waals surface area contributed by atoms with Crippen molar-refractivity contribution in [2.24, 2.45) is 23.5 Å². The minimum absolute atomic E-state index is 0.487. The van der Waals surface area contributed by atoms with E-state index in [0.717, 1.165) is 17.8 Å². The minimum Gasteiger partial charge on any atom is -0.327 e. The minimum atomic E-state index is 0.487. The molecule has 1 heterocycles.